The highest BCUT2D eigenvalue weighted by Crippen LogP contribution is 2.39. The Morgan fingerprint density at radius 1 is 1.07 bits per heavy atom. The fourth-order valence-electron chi connectivity index (χ4n) is 5.11. The molecule has 0 aromatic heterocycles. The van der Waals surface area contributed by atoms with Crippen molar-refractivity contribution in [2.45, 2.75) is 45.2 Å². The highest BCUT2D eigenvalue weighted by atomic mass is 32.2. The number of hydrogen-bond acceptors (Lipinski definition) is 6. The average molecular weight is 633 g/mol. The van der Waals surface area contributed by atoms with Crippen molar-refractivity contribution in [3.63, 3.8) is 0 Å². The number of nitrogens with one attached hydrogen (secondary N) is 3. The quantitative estimate of drug-likeness (QED) is 0.215. The van der Waals surface area contributed by atoms with E-state index in [-0.39, 0.29) is 17.9 Å². The Morgan fingerprint density at radius 2 is 1.76 bits per heavy atom. The molecule has 45 heavy (non-hydrogen) atoms. The van der Waals surface area contributed by atoms with Crippen LogP contribution in [0.4, 0.5) is 11.4 Å². The van der Waals surface area contributed by atoms with Gasteiger partial charge in [0.2, 0.25) is 15.9 Å². The van der Waals surface area contributed by atoms with Crippen LogP contribution in [0.2, 0.25) is 0 Å². The molecule has 1 saturated carbocycles. The first kappa shape index (κ1) is 33.7. The summed E-state index contributed by atoms with van der Waals surface area (Å²) in [5.41, 5.74) is 3.13. The van der Waals surface area contributed by atoms with Gasteiger partial charge in [0.15, 0.2) is 0 Å². The van der Waals surface area contributed by atoms with Crippen molar-refractivity contribution in [1.29, 1.82) is 0 Å². The Hall–Kier alpha value is -4.15. The first-order valence-corrected chi connectivity index (χ1v) is 17.1. The Balaban J connectivity index is 1.54. The van der Waals surface area contributed by atoms with E-state index in [2.05, 4.69) is 29.0 Å². The van der Waals surface area contributed by atoms with Crippen molar-refractivity contribution in [2.75, 3.05) is 36.6 Å². The van der Waals surface area contributed by atoms with Gasteiger partial charge in [-0.1, -0.05) is 68.5 Å². The van der Waals surface area contributed by atoms with Gasteiger partial charge in [0.25, 0.3) is 5.91 Å². The van der Waals surface area contributed by atoms with Crippen LogP contribution < -0.4 is 25.0 Å². The number of benzene rings is 3. The summed E-state index contributed by atoms with van der Waals surface area (Å²) in [4.78, 5) is 27.0. The number of carbonyl (C=O) groups is 2. The molecule has 3 aromatic rings. The largest absolute Gasteiger partial charge is 0.495 e. The number of sulfonamides is 1. The second-order valence-corrected chi connectivity index (χ2v) is 13.7. The molecule has 0 aliphatic heterocycles. The van der Waals surface area contributed by atoms with E-state index in [4.69, 9.17) is 4.74 Å². The number of anilines is 2. The first-order chi connectivity index (χ1) is 21.5. The molecule has 2 amide bonds. The second kappa shape index (κ2) is 15.2. The maximum atomic E-state index is 13.8. The molecule has 0 unspecified atom stereocenters. The molecule has 4 atom stereocenters. The van der Waals surface area contributed by atoms with Gasteiger partial charge in [-0.05, 0) is 72.6 Å². The monoisotopic (exact) mass is 632 g/mol. The van der Waals surface area contributed by atoms with Gasteiger partial charge in [-0.2, -0.15) is 0 Å². The summed E-state index contributed by atoms with van der Waals surface area (Å²) in [5, 5.41) is 9.42. The summed E-state index contributed by atoms with van der Waals surface area (Å²) in [6.45, 7) is 4.44. The summed E-state index contributed by atoms with van der Waals surface area (Å²) in [5.74, 6) is 1.15. The van der Waals surface area contributed by atoms with Gasteiger partial charge < -0.3 is 20.7 Å². The minimum Gasteiger partial charge on any atom is -0.495 e. The topological polar surface area (TPSA) is 117 Å². The third kappa shape index (κ3) is 9.67. The molecule has 0 bridgehead atoms. The van der Waals surface area contributed by atoms with E-state index in [1.165, 1.54) is 11.4 Å². The fraction of sp³-hybridized carbons (Fsp3) is 0.371. The van der Waals surface area contributed by atoms with E-state index in [0.717, 1.165) is 23.8 Å². The lowest BCUT2D eigenvalue weighted by atomic mass is 10.0. The SMILES string of the molecule is CC[C@H](NC[C@H](Cc1ccccc1)NC(=O)c1cc(/C=C\[C@H]2C[C@@H]2C)cc(N(C)S(C)(=O)=O)c1)C(=O)Nc1ccccc1OC. The predicted octanol–water partition coefficient (Wildman–Crippen LogP) is 5.11. The van der Waals surface area contributed by atoms with Gasteiger partial charge in [-0.15, -0.1) is 0 Å². The highest BCUT2D eigenvalue weighted by Gasteiger charge is 2.29. The molecule has 0 saturated heterocycles. The zero-order valence-corrected chi connectivity index (χ0v) is 27.4. The summed E-state index contributed by atoms with van der Waals surface area (Å²) in [6, 6.07) is 21.3. The van der Waals surface area contributed by atoms with Crippen LogP contribution in [0.1, 0.15) is 48.2 Å². The van der Waals surface area contributed by atoms with E-state index in [1.54, 1.807) is 37.4 Å². The number of nitrogens with zero attached hydrogens (tertiary/aromatic N) is 1. The van der Waals surface area contributed by atoms with Crippen LogP contribution in [0.3, 0.4) is 0 Å². The van der Waals surface area contributed by atoms with Crippen molar-refractivity contribution >= 4 is 39.3 Å². The highest BCUT2D eigenvalue weighted by molar-refractivity contribution is 7.92. The van der Waals surface area contributed by atoms with Crippen molar-refractivity contribution in [3.8, 4) is 5.75 Å². The number of hydrogen-bond donors (Lipinski definition) is 3. The molecule has 0 radical (unpaired) electrons. The van der Waals surface area contributed by atoms with E-state index in [1.807, 2.05) is 55.5 Å². The van der Waals surface area contributed by atoms with Crippen molar-refractivity contribution in [3.05, 3.63) is 95.6 Å². The van der Waals surface area contributed by atoms with Crippen LogP contribution in [-0.4, -0.2) is 59.3 Å². The minimum absolute atomic E-state index is 0.204. The normalized spacial score (nSPS) is 17.4. The molecular weight excluding hydrogens is 588 g/mol. The summed E-state index contributed by atoms with van der Waals surface area (Å²) >= 11 is 0. The van der Waals surface area contributed by atoms with Crippen molar-refractivity contribution < 1.29 is 22.7 Å². The zero-order chi connectivity index (χ0) is 32.6. The first-order valence-electron chi connectivity index (χ1n) is 15.3. The summed E-state index contributed by atoms with van der Waals surface area (Å²) < 4.78 is 31.3. The molecule has 240 valence electrons. The molecular formula is C35H44N4O5S. The lowest BCUT2D eigenvalue weighted by Gasteiger charge is -2.24. The Bertz CT molecular complexity index is 1610. The number of ether oxygens (including phenoxy) is 1. The molecule has 10 heteroatoms. The molecule has 1 aliphatic carbocycles. The van der Waals surface area contributed by atoms with Crippen LogP contribution in [-0.2, 0) is 21.2 Å². The lowest BCUT2D eigenvalue weighted by Crippen LogP contribution is -2.49. The molecule has 1 fully saturated rings. The van der Waals surface area contributed by atoms with Crippen molar-refractivity contribution in [2.24, 2.45) is 11.8 Å². The van der Waals surface area contributed by atoms with Crippen molar-refractivity contribution in [1.82, 2.24) is 10.6 Å². The fourth-order valence-corrected chi connectivity index (χ4v) is 5.59. The third-order valence-electron chi connectivity index (χ3n) is 8.13. The predicted molar refractivity (Wildman–Crippen MR) is 181 cm³/mol. The smallest absolute Gasteiger partial charge is 0.251 e. The Labute approximate surface area is 267 Å². The number of allylic oxidation sites excluding steroid dienone is 1. The van der Waals surface area contributed by atoms with Gasteiger partial charge >= 0.3 is 0 Å². The van der Waals surface area contributed by atoms with Crippen LogP contribution in [0.25, 0.3) is 6.08 Å². The van der Waals surface area contributed by atoms with Gasteiger partial charge in [-0.3, -0.25) is 13.9 Å². The second-order valence-electron chi connectivity index (χ2n) is 11.7. The van der Waals surface area contributed by atoms with Gasteiger partial charge in [0, 0.05) is 25.2 Å². The number of methoxy groups -OCH3 is 1. The lowest BCUT2D eigenvalue weighted by molar-refractivity contribution is -0.118. The molecule has 4 rings (SSSR count). The average Bonchev–Trinajstić information content (AvgIpc) is 3.74. The van der Waals surface area contributed by atoms with E-state index < -0.39 is 16.1 Å². The molecule has 3 aromatic carbocycles. The minimum atomic E-state index is -3.54. The number of rotatable bonds is 15. The number of amides is 2. The van der Waals surface area contributed by atoms with E-state index >= 15 is 0 Å². The molecule has 1 aliphatic rings. The molecule has 0 heterocycles. The van der Waals surface area contributed by atoms with Gasteiger partial charge in [-0.25, -0.2) is 8.42 Å². The van der Waals surface area contributed by atoms with E-state index in [9.17, 15) is 18.0 Å². The number of carbonyl (C=O) groups excluding carboxylic acids is 2. The number of para-hydroxylation sites is 2. The van der Waals surface area contributed by atoms with Gasteiger partial charge in [0.05, 0.1) is 30.8 Å². The summed E-state index contributed by atoms with van der Waals surface area (Å²) in [6.07, 6.45) is 7.39. The van der Waals surface area contributed by atoms with Crippen LogP contribution in [0, 0.1) is 11.8 Å². The zero-order valence-electron chi connectivity index (χ0n) is 26.6. The van der Waals surface area contributed by atoms with Gasteiger partial charge in [0.1, 0.15) is 5.75 Å². The maximum Gasteiger partial charge on any atom is 0.251 e. The van der Waals surface area contributed by atoms with Crippen LogP contribution in [0.5, 0.6) is 5.75 Å². The molecule has 3 N–H and O–H groups in total. The van der Waals surface area contributed by atoms with Crippen LogP contribution in [0.15, 0.2) is 78.9 Å². The Morgan fingerprint density at radius 3 is 2.40 bits per heavy atom. The van der Waals surface area contributed by atoms with Crippen LogP contribution >= 0.6 is 0 Å². The van der Waals surface area contributed by atoms with E-state index in [0.29, 0.717) is 53.9 Å². The molecule has 0 spiro atoms. The Kier molecular flexibility index (Phi) is 11.4. The summed E-state index contributed by atoms with van der Waals surface area (Å²) in [7, 11) is -0.508. The maximum absolute atomic E-state index is 13.8. The molecule has 9 nitrogen and oxygen atoms in total. The standard InChI is InChI=1S/C35H44N4O5S/c1-6-31(35(41)38-32-14-10-11-15-33(32)44-4)36-23-29(20-25-12-8-7-9-13-25)37-34(40)28-19-26(16-17-27-18-24(27)2)21-30(22-28)39(3)45(5,42)43/h7-17,19,21-22,24,27,29,31,36H,6,18,20,23H2,1-5H3,(H,37,40)(H,38,41)/b17-16-/t24-,27-,29-,31-/m0/s1. The third-order valence-corrected chi connectivity index (χ3v) is 9.34.